The number of likely N-dealkylation sites (N-methyl/N-ethyl adjacent to an activating group) is 1. The molecule has 0 aromatic rings. The molecule has 1 saturated carbocycles. The van der Waals surface area contributed by atoms with E-state index in [1.54, 1.807) is 0 Å². The fourth-order valence-electron chi connectivity index (χ4n) is 4.18. The maximum absolute atomic E-state index is 6.00. The van der Waals surface area contributed by atoms with Crippen molar-refractivity contribution in [3.63, 3.8) is 0 Å². The fourth-order valence-corrected chi connectivity index (χ4v) is 4.18. The Kier molecular flexibility index (Phi) is 5.27. The van der Waals surface area contributed by atoms with Crippen molar-refractivity contribution in [3.05, 3.63) is 0 Å². The molecule has 4 unspecified atom stereocenters. The van der Waals surface area contributed by atoms with Gasteiger partial charge in [0.15, 0.2) is 0 Å². The third kappa shape index (κ3) is 3.14. The Bertz CT molecular complexity index is 276. The molecule has 19 heavy (non-hydrogen) atoms. The minimum absolute atomic E-state index is 0.0159. The molecule has 3 heteroatoms. The van der Waals surface area contributed by atoms with Gasteiger partial charge in [-0.3, -0.25) is 0 Å². The number of nitrogens with one attached hydrogen (secondary N) is 1. The highest BCUT2D eigenvalue weighted by Crippen LogP contribution is 2.41. The van der Waals surface area contributed by atoms with Gasteiger partial charge in [0.2, 0.25) is 0 Å². The monoisotopic (exact) mass is 269 g/mol. The first-order chi connectivity index (χ1) is 9.13. The lowest BCUT2D eigenvalue weighted by molar-refractivity contribution is -0.124. The van der Waals surface area contributed by atoms with Crippen molar-refractivity contribution in [2.24, 2.45) is 17.8 Å². The van der Waals surface area contributed by atoms with Gasteiger partial charge in [-0.25, -0.2) is 0 Å². The summed E-state index contributed by atoms with van der Waals surface area (Å²) in [7, 11) is 3.98. The highest BCUT2D eigenvalue weighted by atomic mass is 16.5. The molecule has 1 heterocycles. The number of methoxy groups -OCH3 is 1. The SMILES string of the molecule is CNC(C1CCC(C)C(C)C1)C1(OC)CCOCC1. The molecule has 2 fully saturated rings. The van der Waals surface area contributed by atoms with Crippen LogP contribution in [0.2, 0.25) is 0 Å². The summed E-state index contributed by atoms with van der Waals surface area (Å²) < 4.78 is 11.5. The zero-order valence-electron chi connectivity index (χ0n) is 13.1. The van der Waals surface area contributed by atoms with E-state index < -0.39 is 0 Å². The molecule has 0 aromatic heterocycles. The second-order valence-corrected chi connectivity index (χ2v) is 6.68. The second kappa shape index (κ2) is 6.55. The number of rotatable bonds is 4. The first-order valence-corrected chi connectivity index (χ1v) is 7.93. The Hall–Kier alpha value is -0.120. The molecule has 0 radical (unpaired) electrons. The van der Waals surface area contributed by atoms with Gasteiger partial charge in [-0.2, -0.15) is 0 Å². The van der Waals surface area contributed by atoms with Crippen LogP contribution < -0.4 is 5.32 Å². The van der Waals surface area contributed by atoms with Crippen molar-refractivity contribution in [2.75, 3.05) is 27.4 Å². The molecule has 3 nitrogen and oxygen atoms in total. The van der Waals surface area contributed by atoms with E-state index in [9.17, 15) is 0 Å². The Morgan fingerprint density at radius 3 is 2.37 bits per heavy atom. The first-order valence-electron chi connectivity index (χ1n) is 7.93. The van der Waals surface area contributed by atoms with Crippen LogP contribution in [0.4, 0.5) is 0 Å². The average Bonchev–Trinajstić information content (AvgIpc) is 2.44. The molecule has 0 bridgehead atoms. The van der Waals surface area contributed by atoms with Gasteiger partial charge in [-0.15, -0.1) is 0 Å². The quantitative estimate of drug-likeness (QED) is 0.851. The van der Waals surface area contributed by atoms with E-state index in [-0.39, 0.29) is 5.60 Å². The van der Waals surface area contributed by atoms with Gasteiger partial charge in [0.05, 0.1) is 5.60 Å². The van der Waals surface area contributed by atoms with Crippen LogP contribution in [-0.2, 0) is 9.47 Å². The molecule has 0 spiro atoms. The molecule has 4 atom stereocenters. The molecule has 0 amide bonds. The highest BCUT2D eigenvalue weighted by molar-refractivity contribution is 4.99. The summed E-state index contributed by atoms with van der Waals surface area (Å²) >= 11 is 0. The predicted octanol–water partition coefficient (Wildman–Crippen LogP) is 2.84. The van der Waals surface area contributed by atoms with Crippen molar-refractivity contribution in [2.45, 2.75) is 57.6 Å². The summed E-state index contributed by atoms with van der Waals surface area (Å²) in [6, 6.07) is 0.469. The van der Waals surface area contributed by atoms with E-state index >= 15 is 0 Å². The summed E-state index contributed by atoms with van der Waals surface area (Å²) in [6.45, 7) is 6.48. The minimum atomic E-state index is -0.0159. The van der Waals surface area contributed by atoms with Crippen molar-refractivity contribution in [1.29, 1.82) is 0 Å². The topological polar surface area (TPSA) is 30.5 Å². The molecular weight excluding hydrogens is 238 g/mol. The number of hydrogen-bond donors (Lipinski definition) is 1. The van der Waals surface area contributed by atoms with Crippen LogP contribution in [0, 0.1) is 17.8 Å². The van der Waals surface area contributed by atoms with Gasteiger partial charge in [0.1, 0.15) is 0 Å². The summed E-state index contributed by atoms with van der Waals surface area (Å²) in [4.78, 5) is 0. The van der Waals surface area contributed by atoms with Gasteiger partial charge in [0, 0.05) is 39.2 Å². The van der Waals surface area contributed by atoms with E-state index in [1.165, 1.54) is 19.3 Å². The molecule has 2 rings (SSSR count). The van der Waals surface area contributed by atoms with E-state index in [2.05, 4.69) is 26.2 Å². The summed E-state index contributed by atoms with van der Waals surface area (Å²) in [5, 5.41) is 3.59. The smallest absolute Gasteiger partial charge is 0.0877 e. The van der Waals surface area contributed by atoms with E-state index in [1.807, 2.05) is 7.11 Å². The van der Waals surface area contributed by atoms with Crippen LogP contribution in [0.25, 0.3) is 0 Å². The standard InChI is InChI=1S/C16H31NO2/c1-12-5-6-14(11-13(12)2)15(17-3)16(18-4)7-9-19-10-8-16/h12-15,17H,5-11H2,1-4H3. The van der Waals surface area contributed by atoms with Crippen LogP contribution in [0.1, 0.15) is 46.0 Å². The Balaban J connectivity index is 2.09. The zero-order chi connectivity index (χ0) is 13.9. The average molecular weight is 269 g/mol. The van der Waals surface area contributed by atoms with E-state index in [0.717, 1.165) is 43.8 Å². The van der Waals surface area contributed by atoms with Gasteiger partial charge in [0.25, 0.3) is 0 Å². The van der Waals surface area contributed by atoms with Crippen molar-refractivity contribution >= 4 is 0 Å². The van der Waals surface area contributed by atoms with Crippen LogP contribution in [0.15, 0.2) is 0 Å². The Morgan fingerprint density at radius 1 is 1.16 bits per heavy atom. The maximum atomic E-state index is 6.00. The van der Waals surface area contributed by atoms with Gasteiger partial charge in [-0.05, 0) is 37.6 Å². The summed E-state index contributed by atoms with van der Waals surface area (Å²) in [6.07, 6.45) is 6.08. The van der Waals surface area contributed by atoms with Gasteiger partial charge < -0.3 is 14.8 Å². The first kappa shape index (κ1) is 15.3. The molecule has 1 saturated heterocycles. The van der Waals surface area contributed by atoms with E-state index in [0.29, 0.717) is 6.04 Å². The molecular formula is C16H31NO2. The lowest BCUT2D eigenvalue weighted by atomic mass is 9.68. The maximum Gasteiger partial charge on any atom is 0.0877 e. The lowest BCUT2D eigenvalue weighted by Gasteiger charge is -2.48. The Morgan fingerprint density at radius 2 is 1.84 bits per heavy atom. The molecule has 1 aliphatic carbocycles. The molecule has 112 valence electrons. The van der Waals surface area contributed by atoms with Crippen molar-refractivity contribution < 1.29 is 9.47 Å². The summed E-state index contributed by atoms with van der Waals surface area (Å²) in [5.74, 6) is 2.46. The normalized spacial score (nSPS) is 36.9. The Labute approximate surface area is 118 Å². The third-order valence-electron chi connectivity index (χ3n) is 5.73. The van der Waals surface area contributed by atoms with Crippen LogP contribution >= 0.6 is 0 Å². The van der Waals surface area contributed by atoms with Gasteiger partial charge >= 0.3 is 0 Å². The van der Waals surface area contributed by atoms with Gasteiger partial charge in [-0.1, -0.05) is 20.3 Å². The molecule has 2 aliphatic rings. The van der Waals surface area contributed by atoms with Crippen LogP contribution in [-0.4, -0.2) is 39.0 Å². The number of hydrogen-bond acceptors (Lipinski definition) is 3. The summed E-state index contributed by atoms with van der Waals surface area (Å²) in [5.41, 5.74) is -0.0159. The lowest BCUT2D eigenvalue weighted by Crippen LogP contribution is -2.58. The molecule has 1 aliphatic heterocycles. The molecule has 0 aromatic carbocycles. The minimum Gasteiger partial charge on any atom is -0.381 e. The van der Waals surface area contributed by atoms with Crippen molar-refractivity contribution in [1.82, 2.24) is 5.32 Å². The number of ether oxygens (including phenoxy) is 2. The van der Waals surface area contributed by atoms with Crippen LogP contribution in [0.3, 0.4) is 0 Å². The zero-order valence-corrected chi connectivity index (χ0v) is 13.1. The third-order valence-corrected chi connectivity index (χ3v) is 5.73. The van der Waals surface area contributed by atoms with Crippen molar-refractivity contribution in [3.8, 4) is 0 Å². The fraction of sp³-hybridized carbons (Fsp3) is 1.00. The highest BCUT2D eigenvalue weighted by Gasteiger charge is 2.45. The predicted molar refractivity (Wildman–Crippen MR) is 78.3 cm³/mol. The second-order valence-electron chi connectivity index (χ2n) is 6.68. The van der Waals surface area contributed by atoms with E-state index in [4.69, 9.17) is 9.47 Å². The largest absolute Gasteiger partial charge is 0.381 e. The molecule has 1 N–H and O–H groups in total. The van der Waals surface area contributed by atoms with Crippen LogP contribution in [0.5, 0.6) is 0 Å².